The Morgan fingerprint density at radius 2 is 1.11 bits per heavy atom. The molecule has 10 atom stereocenters. The van der Waals surface area contributed by atoms with E-state index < -0.39 is 145 Å². The van der Waals surface area contributed by atoms with Crippen LogP contribution in [0.4, 0.5) is 0 Å². The highest BCUT2D eigenvalue weighted by Crippen LogP contribution is 2.11. The lowest BCUT2D eigenvalue weighted by atomic mass is 9.96. The maximum atomic E-state index is 13.6. The monoisotopic (exact) mass is 807 g/mol. The van der Waals surface area contributed by atoms with E-state index in [1.165, 1.54) is 13.8 Å². The van der Waals surface area contributed by atoms with Crippen LogP contribution >= 0.6 is 12.6 Å². The van der Waals surface area contributed by atoms with E-state index >= 15 is 0 Å². The van der Waals surface area contributed by atoms with Crippen molar-refractivity contribution in [2.45, 2.75) is 115 Å². The number of carbonyl (C=O) groups excluding carboxylic acids is 9. The molecule has 312 valence electrons. The molecule has 0 radical (unpaired) electrons. The van der Waals surface area contributed by atoms with Crippen LogP contribution < -0.4 is 54.4 Å². The molecule has 24 heteroatoms. The smallest absolute Gasteiger partial charge is 0.303 e. The fourth-order valence-corrected chi connectivity index (χ4v) is 4.78. The number of primary amides is 2. The molecule has 16 N–H and O–H groups in total. The fraction of sp³-hybridized carbons (Fsp3) is 0.677. The zero-order valence-electron chi connectivity index (χ0n) is 31.1. The van der Waals surface area contributed by atoms with Crippen LogP contribution in [0, 0.1) is 5.92 Å². The fourth-order valence-electron chi connectivity index (χ4n) is 4.50. The van der Waals surface area contributed by atoms with E-state index in [-0.39, 0.29) is 12.2 Å². The van der Waals surface area contributed by atoms with Gasteiger partial charge in [-0.25, -0.2) is 0 Å². The number of carboxylic acids is 1. The summed E-state index contributed by atoms with van der Waals surface area (Å²) in [4.78, 5) is 125. The van der Waals surface area contributed by atoms with Gasteiger partial charge >= 0.3 is 5.97 Å². The second kappa shape index (κ2) is 24.4. The van der Waals surface area contributed by atoms with Crippen LogP contribution in [0.25, 0.3) is 0 Å². The molecule has 0 aromatic carbocycles. The van der Waals surface area contributed by atoms with Crippen LogP contribution in [0.2, 0.25) is 0 Å². The van der Waals surface area contributed by atoms with E-state index in [0.717, 1.165) is 13.8 Å². The number of hydrogen-bond donors (Lipinski definition) is 14. The first-order valence-corrected chi connectivity index (χ1v) is 17.7. The summed E-state index contributed by atoms with van der Waals surface area (Å²) < 4.78 is 0. The van der Waals surface area contributed by atoms with Crippen molar-refractivity contribution in [3.8, 4) is 0 Å². The summed E-state index contributed by atoms with van der Waals surface area (Å²) in [6.45, 7) is 6.01. The molecule has 0 saturated heterocycles. The number of aliphatic hydroxyl groups excluding tert-OH is 2. The third-order valence-corrected chi connectivity index (χ3v) is 8.30. The zero-order chi connectivity index (χ0) is 42.7. The first-order chi connectivity index (χ1) is 25.5. The molecule has 0 bridgehead atoms. The minimum atomic E-state index is -1.80. The average molecular weight is 808 g/mol. The van der Waals surface area contributed by atoms with Crippen molar-refractivity contribution in [2.75, 3.05) is 12.3 Å². The summed E-state index contributed by atoms with van der Waals surface area (Å²) in [6.07, 6.45) is -4.77. The number of nitrogens with one attached hydrogen (secondary N) is 7. The molecule has 55 heavy (non-hydrogen) atoms. The van der Waals surface area contributed by atoms with Crippen LogP contribution in [-0.4, -0.2) is 141 Å². The highest BCUT2D eigenvalue weighted by atomic mass is 32.1. The Morgan fingerprint density at radius 1 is 0.636 bits per heavy atom. The second-order valence-corrected chi connectivity index (χ2v) is 13.1. The topological polar surface area (TPSA) is 394 Å². The van der Waals surface area contributed by atoms with Gasteiger partial charge in [0.05, 0.1) is 31.2 Å². The molecule has 0 aromatic heterocycles. The first-order valence-electron chi connectivity index (χ1n) is 17.1. The summed E-state index contributed by atoms with van der Waals surface area (Å²) in [6, 6.07) is -10.5. The number of rotatable bonds is 25. The van der Waals surface area contributed by atoms with E-state index in [9.17, 15) is 58.2 Å². The minimum Gasteiger partial charge on any atom is -0.481 e. The molecule has 0 fully saturated rings. The Hall–Kier alpha value is -5.07. The maximum absolute atomic E-state index is 13.6. The predicted molar refractivity (Wildman–Crippen MR) is 195 cm³/mol. The number of hydrogen-bond acceptors (Lipinski definition) is 14. The number of carbonyl (C=O) groups is 10. The molecule has 0 spiro atoms. The van der Waals surface area contributed by atoms with E-state index in [1.807, 2.05) is 0 Å². The lowest BCUT2D eigenvalue weighted by molar-refractivity contribution is -0.139. The lowest BCUT2D eigenvalue weighted by Gasteiger charge is -2.30. The molecular weight excluding hydrogens is 753 g/mol. The van der Waals surface area contributed by atoms with Gasteiger partial charge in [0.2, 0.25) is 53.2 Å². The quantitative estimate of drug-likeness (QED) is 0.0301. The van der Waals surface area contributed by atoms with Crippen molar-refractivity contribution in [1.82, 2.24) is 37.2 Å². The lowest BCUT2D eigenvalue weighted by Crippen LogP contribution is -2.63. The molecule has 0 aliphatic carbocycles. The second-order valence-electron chi connectivity index (χ2n) is 12.8. The standard InChI is InChI=1S/C31H54N10O13S/c1-6-12(2)22(39-28(51)17(9-19(33)44)38-27(50)16(7-8-21(46)47)37-26(49)13(3)32)30(53)41-24(15(5)43)31(54)40-23(14(4)42)29(52)35-10-20(45)36-18(11-55)25(34)48/h12-18,22-24,42-43,55H,6-11,32H2,1-5H3,(H2,33,44)(H2,34,48)(H,35,52)(H,36,45)(H,37,49)(H,38,50)(H,39,51)(H,40,54)(H,41,53)(H,46,47)/t12-,13-,14+,15+,16-,17-,18-,22-,23-,24-/m0/s1/i20+1. The van der Waals surface area contributed by atoms with Gasteiger partial charge < -0.3 is 69.7 Å². The number of amides is 9. The Labute approximate surface area is 322 Å². The summed E-state index contributed by atoms with van der Waals surface area (Å²) >= 11 is 3.89. The van der Waals surface area contributed by atoms with Crippen molar-refractivity contribution in [2.24, 2.45) is 23.1 Å². The molecule has 0 heterocycles. The number of carboxylic acid groups (broad SMARTS) is 1. The molecule has 0 aliphatic rings. The minimum absolute atomic E-state index is 0.132. The highest BCUT2D eigenvalue weighted by Gasteiger charge is 2.37. The summed E-state index contributed by atoms with van der Waals surface area (Å²) in [5.41, 5.74) is 16.0. The maximum Gasteiger partial charge on any atom is 0.303 e. The van der Waals surface area contributed by atoms with Gasteiger partial charge in [-0.2, -0.15) is 12.6 Å². The molecule has 0 saturated carbocycles. The molecule has 9 amide bonds. The number of nitrogens with two attached hydrogens (primary N) is 3. The number of thiol groups is 1. The van der Waals surface area contributed by atoms with E-state index in [1.54, 1.807) is 6.92 Å². The van der Waals surface area contributed by atoms with Crippen molar-refractivity contribution >= 4 is 71.8 Å². The summed E-state index contributed by atoms with van der Waals surface area (Å²) in [7, 11) is 0. The van der Waals surface area contributed by atoms with E-state index in [2.05, 4.69) is 49.8 Å². The van der Waals surface area contributed by atoms with Gasteiger partial charge in [0.25, 0.3) is 0 Å². The van der Waals surface area contributed by atoms with Gasteiger partial charge in [-0.05, 0) is 33.1 Å². The normalized spacial score (nSPS) is 16.4. The van der Waals surface area contributed by atoms with Crippen molar-refractivity contribution in [1.29, 1.82) is 0 Å². The van der Waals surface area contributed by atoms with Crippen molar-refractivity contribution in [3.63, 3.8) is 0 Å². The van der Waals surface area contributed by atoms with Crippen molar-refractivity contribution < 1.29 is 63.3 Å². The van der Waals surface area contributed by atoms with Crippen molar-refractivity contribution in [3.05, 3.63) is 0 Å². The first kappa shape index (κ1) is 49.9. The van der Waals surface area contributed by atoms with Gasteiger partial charge in [-0.15, -0.1) is 0 Å². The Morgan fingerprint density at radius 3 is 1.55 bits per heavy atom. The molecule has 23 nitrogen and oxygen atoms in total. The van der Waals surface area contributed by atoms with Gasteiger partial charge in [0.15, 0.2) is 0 Å². The molecular formula is C31H54N10O13S. The van der Waals surface area contributed by atoms with E-state index in [0.29, 0.717) is 0 Å². The average Bonchev–Trinajstić information content (AvgIpc) is 3.09. The third-order valence-electron chi connectivity index (χ3n) is 7.93. The Kier molecular flexibility index (Phi) is 22.1. The van der Waals surface area contributed by atoms with Crippen LogP contribution in [-0.2, 0) is 47.9 Å². The van der Waals surface area contributed by atoms with E-state index in [4.69, 9.17) is 22.3 Å². The van der Waals surface area contributed by atoms with Crippen LogP contribution in [0.5, 0.6) is 0 Å². The van der Waals surface area contributed by atoms with Gasteiger partial charge in [-0.1, -0.05) is 20.3 Å². The van der Waals surface area contributed by atoms with Crippen LogP contribution in [0.3, 0.4) is 0 Å². The van der Waals surface area contributed by atoms with Gasteiger partial charge in [0, 0.05) is 12.2 Å². The Bertz CT molecular complexity index is 1410. The van der Waals surface area contributed by atoms with Crippen LogP contribution in [0.15, 0.2) is 0 Å². The molecule has 0 aliphatic heterocycles. The van der Waals surface area contributed by atoms with Gasteiger partial charge in [-0.3, -0.25) is 47.9 Å². The number of aliphatic hydroxyl groups is 2. The molecule has 0 aromatic rings. The number of aliphatic carboxylic acids is 1. The highest BCUT2D eigenvalue weighted by molar-refractivity contribution is 7.80. The predicted octanol–water partition coefficient (Wildman–Crippen LogP) is -6.68. The largest absolute Gasteiger partial charge is 0.481 e. The third kappa shape index (κ3) is 18.2. The Balaban J connectivity index is 6.11. The van der Waals surface area contributed by atoms with Crippen LogP contribution in [0.1, 0.15) is 60.3 Å². The van der Waals surface area contributed by atoms with Gasteiger partial charge in [0.1, 0.15) is 36.3 Å². The zero-order valence-corrected chi connectivity index (χ0v) is 32.0. The molecule has 0 unspecified atom stereocenters. The molecule has 0 rings (SSSR count). The summed E-state index contributed by atoms with van der Waals surface area (Å²) in [5.74, 6) is -11.2. The SMILES string of the molecule is CC[C@H](C)[C@H](NC(=O)[C@H](CC(N)=O)NC(=O)[C@H](CCC(=O)O)NC(=O)[C@H](C)N)C(=O)N[C@H](C(=O)N[C@H](C(=O)NC[13C](=O)N[C@@H](CS)C(N)=O)[C@@H](C)O)[C@@H](C)O. The summed E-state index contributed by atoms with van der Waals surface area (Å²) in [5, 5.41) is 45.4.